The lowest BCUT2D eigenvalue weighted by Gasteiger charge is -2.32. The fourth-order valence-electron chi connectivity index (χ4n) is 3.42. The van der Waals surface area contributed by atoms with Crippen molar-refractivity contribution in [3.05, 3.63) is 27.8 Å². The first-order valence-corrected chi connectivity index (χ1v) is 11.1. The van der Waals surface area contributed by atoms with Crippen LogP contribution in [0.2, 0.25) is 23.2 Å². The third kappa shape index (κ3) is 3.19. The lowest BCUT2D eigenvalue weighted by atomic mass is 9.99. The molecule has 0 saturated heterocycles. The number of carbonyl (C=O) groups excluding carboxylic acids is 1. The fraction of sp³-hybridized carbons (Fsp3) is 0.588. The van der Waals surface area contributed by atoms with Gasteiger partial charge in [-0.05, 0) is 29.2 Å². The summed E-state index contributed by atoms with van der Waals surface area (Å²) < 4.78 is 0. The van der Waals surface area contributed by atoms with Gasteiger partial charge in [0, 0.05) is 0 Å². The molecule has 21 heavy (non-hydrogen) atoms. The van der Waals surface area contributed by atoms with Crippen molar-refractivity contribution in [2.75, 3.05) is 0 Å². The van der Waals surface area contributed by atoms with Crippen LogP contribution in [-0.4, -0.2) is 14.0 Å². The summed E-state index contributed by atoms with van der Waals surface area (Å²) in [5.74, 6) is -0.375. The second-order valence-corrected chi connectivity index (χ2v) is 11.3. The third-order valence-electron chi connectivity index (χ3n) is 5.04. The number of primary amides is 1. The van der Waals surface area contributed by atoms with E-state index in [1.807, 2.05) is 0 Å². The predicted molar refractivity (Wildman–Crippen MR) is 95.6 cm³/mol. The quantitative estimate of drug-likeness (QED) is 0.747. The number of hydrogen-bond donors (Lipinski definition) is 1. The predicted octanol–water partition coefficient (Wildman–Crippen LogP) is 4.28. The molecular weight excluding hydrogens is 298 g/mol. The van der Waals surface area contributed by atoms with Crippen molar-refractivity contribution >= 4 is 30.8 Å². The first-order valence-electron chi connectivity index (χ1n) is 8.06. The zero-order valence-electron chi connectivity index (χ0n) is 14.0. The van der Waals surface area contributed by atoms with Gasteiger partial charge in [0.15, 0.2) is 0 Å². The highest BCUT2D eigenvalue weighted by molar-refractivity contribution is 6.92. The summed E-state index contributed by atoms with van der Waals surface area (Å²) in [6, 6.07) is 5.59. The zero-order valence-corrected chi connectivity index (χ0v) is 15.7. The van der Waals surface area contributed by atoms with E-state index in [1.54, 1.807) is 0 Å². The summed E-state index contributed by atoms with van der Waals surface area (Å²) >= 11 is 6.59. The van der Waals surface area contributed by atoms with Crippen LogP contribution in [0.25, 0.3) is 0 Å². The van der Waals surface area contributed by atoms with E-state index in [4.69, 9.17) is 17.3 Å². The minimum atomic E-state index is -1.70. The van der Waals surface area contributed by atoms with Crippen LogP contribution in [0.5, 0.6) is 0 Å². The zero-order chi connectivity index (χ0) is 16.2. The van der Waals surface area contributed by atoms with Crippen LogP contribution in [0.3, 0.4) is 0 Å². The monoisotopic (exact) mass is 325 g/mol. The first kappa shape index (κ1) is 18.2. The molecule has 1 aromatic carbocycles. The Labute approximate surface area is 135 Å². The molecule has 1 aromatic rings. The largest absolute Gasteiger partial charge is 0.366 e. The maximum absolute atomic E-state index is 12.1. The van der Waals surface area contributed by atoms with Gasteiger partial charge in [0.1, 0.15) is 0 Å². The molecule has 0 spiro atoms. The van der Waals surface area contributed by atoms with Crippen molar-refractivity contribution in [1.29, 1.82) is 0 Å². The highest BCUT2D eigenvalue weighted by atomic mass is 35.5. The molecular formula is C17H28ClNOSi. The molecule has 4 heteroatoms. The van der Waals surface area contributed by atoms with Crippen molar-refractivity contribution in [3.63, 3.8) is 0 Å². The molecule has 0 aromatic heterocycles. The molecule has 0 radical (unpaired) electrons. The van der Waals surface area contributed by atoms with Crippen molar-refractivity contribution < 1.29 is 4.79 Å². The van der Waals surface area contributed by atoms with Gasteiger partial charge in [-0.1, -0.05) is 70.4 Å². The van der Waals surface area contributed by atoms with Crippen molar-refractivity contribution in [3.8, 4) is 0 Å². The van der Waals surface area contributed by atoms with Gasteiger partial charge in [0.05, 0.1) is 18.7 Å². The standard InChI is InChI=1S/C17H28ClNOSi/c1-6-12-11-14(21(8-3,9-4)10-5)15(17(19)20)16(18)13(12)7-2/h11H,6-10H2,1-5H3,(H2,19,20). The van der Waals surface area contributed by atoms with Gasteiger partial charge in [-0.2, -0.15) is 0 Å². The molecule has 0 saturated carbocycles. The normalized spacial score (nSPS) is 11.7. The average molecular weight is 326 g/mol. The van der Waals surface area contributed by atoms with Gasteiger partial charge in [0.25, 0.3) is 0 Å². The third-order valence-corrected chi connectivity index (χ3v) is 11.1. The minimum Gasteiger partial charge on any atom is -0.366 e. The molecule has 0 aliphatic carbocycles. The summed E-state index contributed by atoms with van der Waals surface area (Å²) in [5.41, 5.74) is 8.65. The molecule has 1 amide bonds. The first-order chi connectivity index (χ1) is 9.92. The van der Waals surface area contributed by atoms with E-state index in [9.17, 15) is 4.79 Å². The SMILES string of the molecule is CCc1cc([Si](CC)(CC)CC)c(C(N)=O)c(Cl)c1CC. The highest BCUT2D eigenvalue weighted by Gasteiger charge is 2.34. The molecule has 1 rings (SSSR count). The Balaban J connectivity index is 3.79. The van der Waals surface area contributed by atoms with E-state index >= 15 is 0 Å². The molecule has 0 atom stereocenters. The number of nitrogens with two attached hydrogens (primary N) is 1. The summed E-state index contributed by atoms with van der Waals surface area (Å²) in [6.45, 7) is 10.9. The lowest BCUT2D eigenvalue weighted by Crippen LogP contribution is -2.49. The second kappa shape index (κ2) is 7.46. The summed E-state index contributed by atoms with van der Waals surface area (Å²) in [5, 5.41) is 1.79. The molecule has 0 fully saturated rings. The molecule has 0 bridgehead atoms. The van der Waals surface area contributed by atoms with Crippen LogP contribution in [-0.2, 0) is 12.8 Å². The second-order valence-electron chi connectivity index (χ2n) is 5.66. The molecule has 0 heterocycles. The van der Waals surface area contributed by atoms with Crippen molar-refractivity contribution in [2.24, 2.45) is 5.73 Å². The van der Waals surface area contributed by atoms with E-state index in [1.165, 1.54) is 10.8 Å². The number of halogens is 1. The van der Waals surface area contributed by atoms with Crippen LogP contribution in [0.15, 0.2) is 6.07 Å². The Hall–Kier alpha value is -0.803. The number of hydrogen-bond acceptors (Lipinski definition) is 1. The van der Waals surface area contributed by atoms with Gasteiger partial charge in [0.2, 0.25) is 5.91 Å². The molecule has 2 N–H and O–H groups in total. The number of carbonyl (C=O) groups is 1. The Bertz CT molecular complexity index is 516. The Morgan fingerprint density at radius 1 is 1.10 bits per heavy atom. The average Bonchev–Trinajstić information content (AvgIpc) is 2.48. The number of rotatable bonds is 7. The number of amides is 1. The number of aryl methyl sites for hydroxylation is 1. The minimum absolute atomic E-state index is 0.375. The molecule has 2 nitrogen and oxygen atoms in total. The Morgan fingerprint density at radius 3 is 1.95 bits per heavy atom. The van der Waals surface area contributed by atoms with Crippen LogP contribution in [0.4, 0.5) is 0 Å². The van der Waals surface area contributed by atoms with E-state index in [0.29, 0.717) is 10.6 Å². The summed E-state index contributed by atoms with van der Waals surface area (Å²) in [7, 11) is -1.70. The molecule has 0 aliphatic rings. The van der Waals surface area contributed by atoms with E-state index in [0.717, 1.165) is 36.5 Å². The van der Waals surface area contributed by atoms with Gasteiger partial charge in [-0.25, -0.2) is 0 Å². The van der Waals surface area contributed by atoms with Crippen molar-refractivity contribution in [1.82, 2.24) is 0 Å². The van der Waals surface area contributed by atoms with E-state index in [-0.39, 0.29) is 5.91 Å². The van der Waals surface area contributed by atoms with Gasteiger partial charge in [-0.15, -0.1) is 0 Å². The Morgan fingerprint density at radius 2 is 1.62 bits per heavy atom. The smallest absolute Gasteiger partial charge is 0.250 e. The van der Waals surface area contributed by atoms with Gasteiger partial charge < -0.3 is 5.73 Å². The Kier molecular flexibility index (Phi) is 6.48. The number of benzene rings is 1. The van der Waals surface area contributed by atoms with Crippen LogP contribution in [0, 0.1) is 0 Å². The maximum Gasteiger partial charge on any atom is 0.250 e. The fourth-order valence-corrected chi connectivity index (χ4v) is 7.85. The van der Waals surface area contributed by atoms with Crippen LogP contribution in [0.1, 0.15) is 56.1 Å². The van der Waals surface area contributed by atoms with Gasteiger partial charge in [-0.3, -0.25) is 4.79 Å². The lowest BCUT2D eigenvalue weighted by molar-refractivity contribution is 0.100. The molecule has 118 valence electrons. The maximum atomic E-state index is 12.1. The summed E-state index contributed by atoms with van der Waals surface area (Å²) in [4.78, 5) is 12.1. The van der Waals surface area contributed by atoms with Crippen LogP contribution >= 0.6 is 11.6 Å². The topological polar surface area (TPSA) is 43.1 Å². The van der Waals surface area contributed by atoms with Gasteiger partial charge >= 0.3 is 0 Å². The molecule has 0 aliphatic heterocycles. The summed E-state index contributed by atoms with van der Waals surface area (Å²) in [6.07, 6.45) is 1.78. The van der Waals surface area contributed by atoms with Crippen molar-refractivity contribution in [2.45, 2.75) is 65.6 Å². The van der Waals surface area contributed by atoms with Crippen LogP contribution < -0.4 is 10.9 Å². The molecule has 0 unspecified atom stereocenters. The van der Waals surface area contributed by atoms with E-state index < -0.39 is 8.07 Å². The highest BCUT2D eigenvalue weighted by Crippen LogP contribution is 2.30. The van der Waals surface area contributed by atoms with E-state index in [2.05, 4.69) is 40.7 Å².